The minimum Gasteiger partial charge on any atom is -0.326 e. The van der Waals surface area contributed by atoms with Crippen LogP contribution in [0.1, 0.15) is 35.3 Å². The van der Waals surface area contributed by atoms with E-state index in [2.05, 4.69) is 19.8 Å². The van der Waals surface area contributed by atoms with E-state index in [4.69, 9.17) is 16.6 Å². The highest BCUT2D eigenvalue weighted by Crippen LogP contribution is 2.46. The second kappa shape index (κ2) is 11.8. The third kappa shape index (κ3) is 5.70. The van der Waals surface area contributed by atoms with Gasteiger partial charge in [0.2, 0.25) is 10.0 Å². The number of aliphatic imine (C=N–C) groups is 1. The minimum absolute atomic E-state index is 0.0961. The summed E-state index contributed by atoms with van der Waals surface area (Å²) in [5, 5.41) is 6.57. The van der Waals surface area contributed by atoms with E-state index in [1.807, 2.05) is 11.0 Å². The van der Waals surface area contributed by atoms with Crippen molar-refractivity contribution in [3.63, 3.8) is 0 Å². The molecule has 6 heterocycles. The van der Waals surface area contributed by atoms with Crippen LogP contribution >= 0.6 is 34.3 Å². The third-order valence-corrected chi connectivity index (χ3v) is 11.5. The second-order valence-corrected chi connectivity index (χ2v) is 14.5. The molecule has 0 unspecified atom stereocenters. The molecule has 0 aliphatic carbocycles. The lowest BCUT2D eigenvalue weighted by Gasteiger charge is -2.32. The standard InChI is InChI=1S/C29H21ClF3N7O2S3/c30-19-13-16(31)4-5-18(19)26-25(21-8-11-40(37-21)29(32)33)22-14-17(15-39(22)27(36-26)28-35-10-12-43-28)38-45(41,42)24-7-6-23(44-24)20-3-1-2-9-34-20/h1-13,17,26,29,38H,14-15H2/t17-,26-/m0/s1. The van der Waals surface area contributed by atoms with Gasteiger partial charge in [0.05, 0.1) is 16.3 Å². The Hall–Kier alpha value is -3.89. The summed E-state index contributed by atoms with van der Waals surface area (Å²) < 4.78 is 72.0. The number of pyridine rings is 1. The van der Waals surface area contributed by atoms with Gasteiger partial charge < -0.3 is 4.90 Å². The SMILES string of the molecule is O=S(=O)(N[C@H]1CC2=C(c3ccn(C(F)F)n3)[C@H](c3ccc(F)cc3Cl)N=C(c3nccs3)N2C1)c1ccc(-c2ccccn2)s1. The van der Waals surface area contributed by atoms with Gasteiger partial charge in [0.15, 0.2) is 10.8 Å². The van der Waals surface area contributed by atoms with Gasteiger partial charge in [-0.05, 0) is 42.5 Å². The molecule has 0 spiro atoms. The molecule has 2 aliphatic rings. The molecular formula is C29H21ClF3N7O2S3. The van der Waals surface area contributed by atoms with Gasteiger partial charge in [0.1, 0.15) is 16.1 Å². The number of benzene rings is 1. The van der Waals surface area contributed by atoms with Crippen molar-refractivity contribution in [1.29, 1.82) is 0 Å². The third-order valence-electron chi connectivity index (χ3n) is 7.31. The highest BCUT2D eigenvalue weighted by Gasteiger charge is 2.42. The maximum atomic E-state index is 14.1. The van der Waals surface area contributed by atoms with E-state index in [0.29, 0.717) is 42.9 Å². The number of hydrogen-bond donors (Lipinski definition) is 1. The van der Waals surface area contributed by atoms with Gasteiger partial charge in [0.25, 0.3) is 0 Å². The number of aromatic nitrogens is 4. The van der Waals surface area contributed by atoms with E-state index >= 15 is 0 Å². The first kappa shape index (κ1) is 29.8. The summed E-state index contributed by atoms with van der Waals surface area (Å²) in [7, 11) is -3.95. The van der Waals surface area contributed by atoms with Crippen LogP contribution in [0.2, 0.25) is 5.02 Å². The van der Waals surface area contributed by atoms with E-state index < -0.39 is 34.5 Å². The van der Waals surface area contributed by atoms with Crippen molar-refractivity contribution in [1.82, 2.24) is 29.4 Å². The molecule has 0 bridgehead atoms. The zero-order valence-corrected chi connectivity index (χ0v) is 26.1. The summed E-state index contributed by atoms with van der Waals surface area (Å²) in [6.45, 7) is -2.69. The maximum absolute atomic E-state index is 14.1. The Kier molecular flexibility index (Phi) is 7.81. The van der Waals surface area contributed by atoms with Crippen molar-refractivity contribution < 1.29 is 21.6 Å². The van der Waals surface area contributed by atoms with Crippen LogP contribution in [-0.2, 0) is 10.0 Å². The van der Waals surface area contributed by atoms with Gasteiger partial charge in [-0.3, -0.25) is 9.98 Å². The first-order valence-corrected chi connectivity index (χ1v) is 17.0. The molecule has 45 heavy (non-hydrogen) atoms. The normalized spacial score (nSPS) is 18.5. The van der Waals surface area contributed by atoms with Gasteiger partial charge in [-0.15, -0.1) is 22.7 Å². The van der Waals surface area contributed by atoms with Gasteiger partial charge in [-0.1, -0.05) is 23.7 Å². The fraction of sp³-hybridized carbons (Fsp3) is 0.172. The molecule has 230 valence electrons. The molecule has 0 saturated carbocycles. The largest absolute Gasteiger partial charge is 0.333 e. The minimum atomic E-state index is -3.95. The molecular weight excluding hydrogens is 667 g/mol. The molecule has 1 N–H and O–H groups in total. The second-order valence-electron chi connectivity index (χ2n) is 10.1. The van der Waals surface area contributed by atoms with Crippen LogP contribution in [0.25, 0.3) is 16.1 Å². The zero-order valence-electron chi connectivity index (χ0n) is 22.9. The highest BCUT2D eigenvalue weighted by molar-refractivity contribution is 7.91. The number of rotatable bonds is 8. The smallest absolute Gasteiger partial charge is 0.326 e. The van der Waals surface area contributed by atoms with E-state index in [1.165, 1.54) is 35.6 Å². The molecule has 0 radical (unpaired) electrons. The fourth-order valence-electron chi connectivity index (χ4n) is 5.42. The molecule has 0 amide bonds. The Morgan fingerprint density at radius 2 is 1.91 bits per heavy atom. The molecule has 4 aromatic heterocycles. The molecule has 5 aromatic rings. The van der Waals surface area contributed by atoms with Crippen LogP contribution in [0.5, 0.6) is 0 Å². The van der Waals surface area contributed by atoms with Crippen LogP contribution in [0.15, 0.2) is 93.5 Å². The predicted octanol–water partition coefficient (Wildman–Crippen LogP) is 6.62. The van der Waals surface area contributed by atoms with Crippen molar-refractivity contribution in [2.24, 2.45) is 4.99 Å². The molecule has 1 aromatic carbocycles. The number of nitrogens with one attached hydrogen (secondary N) is 1. The Labute approximate surface area is 268 Å². The number of halogens is 4. The quantitative estimate of drug-likeness (QED) is 0.197. The lowest BCUT2D eigenvalue weighted by atomic mass is 9.92. The topological polar surface area (TPSA) is 105 Å². The molecule has 1 fully saturated rings. The molecule has 7 rings (SSSR count). The van der Waals surface area contributed by atoms with Gasteiger partial charge in [0, 0.05) is 64.8 Å². The molecule has 1 saturated heterocycles. The van der Waals surface area contributed by atoms with Crippen LogP contribution in [0.4, 0.5) is 13.2 Å². The summed E-state index contributed by atoms with van der Waals surface area (Å²) in [6.07, 6.45) is 4.61. The number of hydrogen-bond acceptors (Lipinski definition) is 9. The van der Waals surface area contributed by atoms with E-state index in [0.717, 1.165) is 23.6 Å². The number of amidine groups is 1. The summed E-state index contributed by atoms with van der Waals surface area (Å²) in [6, 6.07) is 12.5. The summed E-state index contributed by atoms with van der Waals surface area (Å²) in [4.78, 5) is 16.3. The molecule has 16 heteroatoms. The number of thiazole rings is 1. The molecule has 2 aliphatic heterocycles. The number of fused-ring (bicyclic) bond motifs is 1. The average Bonchev–Trinajstić information content (AvgIpc) is 3.83. The van der Waals surface area contributed by atoms with Crippen LogP contribution in [-0.4, -0.2) is 51.5 Å². The van der Waals surface area contributed by atoms with Crippen molar-refractivity contribution in [3.05, 3.63) is 111 Å². The van der Waals surface area contributed by atoms with E-state index in [-0.39, 0.29) is 27.9 Å². The summed E-state index contributed by atoms with van der Waals surface area (Å²) in [5.74, 6) is -0.0886. The van der Waals surface area contributed by atoms with E-state index in [1.54, 1.807) is 36.0 Å². The summed E-state index contributed by atoms with van der Waals surface area (Å²) >= 11 is 8.96. The van der Waals surface area contributed by atoms with Crippen LogP contribution in [0, 0.1) is 5.82 Å². The monoisotopic (exact) mass is 687 g/mol. The van der Waals surface area contributed by atoms with Crippen LogP contribution < -0.4 is 4.72 Å². The highest BCUT2D eigenvalue weighted by atomic mass is 35.5. The number of alkyl halides is 2. The number of nitrogens with zero attached hydrogens (tertiary/aromatic N) is 6. The van der Waals surface area contributed by atoms with E-state index in [9.17, 15) is 21.6 Å². The first-order valence-electron chi connectivity index (χ1n) is 13.5. The lowest BCUT2D eigenvalue weighted by molar-refractivity contribution is 0.0564. The van der Waals surface area contributed by atoms with Gasteiger partial charge in [-0.2, -0.15) is 13.9 Å². The summed E-state index contributed by atoms with van der Waals surface area (Å²) in [5.41, 5.74) is 2.39. The van der Waals surface area contributed by atoms with Crippen molar-refractivity contribution in [2.45, 2.75) is 29.3 Å². The average molecular weight is 688 g/mol. The van der Waals surface area contributed by atoms with Crippen molar-refractivity contribution >= 4 is 55.7 Å². The Morgan fingerprint density at radius 1 is 1.04 bits per heavy atom. The first-order chi connectivity index (χ1) is 21.7. The number of sulfonamides is 1. The Bertz CT molecular complexity index is 2050. The Morgan fingerprint density at radius 3 is 2.62 bits per heavy atom. The Balaban J connectivity index is 1.30. The zero-order chi connectivity index (χ0) is 31.3. The van der Waals surface area contributed by atoms with Crippen molar-refractivity contribution in [2.75, 3.05) is 6.54 Å². The van der Waals surface area contributed by atoms with Gasteiger partial charge >= 0.3 is 6.55 Å². The lowest BCUT2D eigenvalue weighted by Crippen LogP contribution is -2.39. The maximum Gasteiger partial charge on any atom is 0.333 e. The molecule has 9 nitrogen and oxygen atoms in total. The van der Waals surface area contributed by atoms with Gasteiger partial charge in [-0.25, -0.2) is 27.2 Å². The van der Waals surface area contributed by atoms with Crippen LogP contribution in [0.3, 0.4) is 0 Å². The molecule has 2 atom stereocenters. The predicted molar refractivity (Wildman–Crippen MR) is 166 cm³/mol. The fourth-order valence-corrected chi connectivity index (χ4v) is 8.86. The van der Waals surface area contributed by atoms with Crippen molar-refractivity contribution in [3.8, 4) is 10.6 Å². The number of thiophene rings is 1.